The summed E-state index contributed by atoms with van der Waals surface area (Å²) in [6.45, 7) is 8.77. The zero-order chi connectivity index (χ0) is 17.0. The van der Waals surface area contributed by atoms with Crippen molar-refractivity contribution in [1.29, 1.82) is 0 Å². The molecule has 0 radical (unpaired) electrons. The molecule has 0 aliphatic carbocycles. The van der Waals surface area contributed by atoms with E-state index in [9.17, 15) is 5.11 Å². The Morgan fingerprint density at radius 1 is 1.17 bits per heavy atom. The first-order chi connectivity index (χ1) is 11.6. The zero-order valence-electron chi connectivity index (χ0n) is 14.8. The van der Waals surface area contributed by atoms with Gasteiger partial charge >= 0.3 is 0 Å². The standard InChI is InChI=1S/C19H30N2O3/c1-15-12-21(13-16(2)24-15)18-6-4-3-5-17(18)11-20-14-19(22)7-9-23-10-8-19/h3-6,15-16,20,22H,7-14H2,1-2H3/t15-,16-/m0/s1. The molecule has 3 rings (SSSR count). The van der Waals surface area contributed by atoms with Crippen LogP contribution in [-0.2, 0) is 16.0 Å². The highest BCUT2D eigenvalue weighted by atomic mass is 16.5. The fraction of sp³-hybridized carbons (Fsp3) is 0.684. The number of hydrogen-bond acceptors (Lipinski definition) is 5. The lowest BCUT2D eigenvalue weighted by Crippen LogP contribution is -2.46. The molecule has 2 fully saturated rings. The van der Waals surface area contributed by atoms with E-state index in [-0.39, 0.29) is 12.2 Å². The van der Waals surface area contributed by atoms with E-state index in [4.69, 9.17) is 9.47 Å². The van der Waals surface area contributed by atoms with Gasteiger partial charge < -0.3 is 24.8 Å². The van der Waals surface area contributed by atoms with Crippen molar-refractivity contribution < 1.29 is 14.6 Å². The summed E-state index contributed by atoms with van der Waals surface area (Å²) in [5.74, 6) is 0. The third kappa shape index (κ3) is 4.48. The van der Waals surface area contributed by atoms with Crippen molar-refractivity contribution >= 4 is 5.69 Å². The van der Waals surface area contributed by atoms with Gasteiger partial charge in [0.05, 0.1) is 17.8 Å². The van der Waals surface area contributed by atoms with Gasteiger partial charge in [-0.3, -0.25) is 0 Å². The summed E-state index contributed by atoms with van der Waals surface area (Å²) in [6.07, 6.45) is 1.91. The highest BCUT2D eigenvalue weighted by molar-refractivity contribution is 5.54. The van der Waals surface area contributed by atoms with Gasteiger partial charge in [-0.25, -0.2) is 0 Å². The zero-order valence-corrected chi connectivity index (χ0v) is 14.8. The van der Waals surface area contributed by atoms with E-state index >= 15 is 0 Å². The fourth-order valence-electron chi connectivity index (χ4n) is 3.70. The molecule has 2 atom stereocenters. The minimum absolute atomic E-state index is 0.248. The summed E-state index contributed by atoms with van der Waals surface area (Å²) in [5, 5.41) is 14.0. The molecule has 0 amide bonds. The summed E-state index contributed by atoms with van der Waals surface area (Å²) in [6, 6.07) is 8.53. The van der Waals surface area contributed by atoms with Crippen molar-refractivity contribution in [2.75, 3.05) is 37.7 Å². The summed E-state index contributed by atoms with van der Waals surface area (Å²) >= 11 is 0. The first-order valence-electron chi connectivity index (χ1n) is 9.05. The molecule has 0 saturated carbocycles. The van der Waals surface area contributed by atoms with Crippen LogP contribution in [0.4, 0.5) is 5.69 Å². The minimum Gasteiger partial charge on any atom is -0.388 e. The molecule has 2 aliphatic rings. The lowest BCUT2D eigenvalue weighted by atomic mass is 9.94. The lowest BCUT2D eigenvalue weighted by molar-refractivity contribution is -0.0616. The van der Waals surface area contributed by atoms with Gasteiger partial charge in [0.25, 0.3) is 0 Å². The second-order valence-electron chi connectivity index (χ2n) is 7.23. The highest BCUT2D eigenvalue weighted by Gasteiger charge is 2.29. The molecule has 0 spiro atoms. The van der Waals surface area contributed by atoms with Crippen LogP contribution in [0.3, 0.4) is 0 Å². The largest absolute Gasteiger partial charge is 0.388 e. The maximum atomic E-state index is 10.6. The van der Waals surface area contributed by atoms with Crippen LogP contribution in [0.5, 0.6) is 0 Å². The smallest absolute Gasteiger partial charge is 0.0815 e. The predicted octanol–water partition coefficient (Wildman–Crippen LogP) is 1.93. The van der Waals surface area contributed by atoms with Crippen molar-refractivity contribution in [3.63, 3.8) is 0 Å². The van der Waals surface area contributed by atoms with E-state index in [0.29, 0.717) is 32.6 Å². The number of hydrogen-bond donors (Lipinski definition) is 2. The fourth-order valence-corrected chi connectivity index (χ4v) is 3.70. The van der Waals surface area contributed by atoms with Crippen molar-refractivity contribution in [1.82, 2.24) is 5.32 Å². The van der Waals surface area contributed by atoms with Crippen LogP contribution >= 0.6 is 0 Å². The Morgan fingerprint density at radius 3 is 2.54 bits per heavy atom. The average Bonchev–Trinajstić information content (AvgIpc) is 2.55. The van der Waals surface area contributed by atoms with Gasteiger partial charge in [-0.05, 0) is 25.5 Å². The van der Waals surface area contributed by atoms with Crippen molar-refractivity contribution in [3.8, 4) is 0 Å². The first-order valence-corrected chi connectivity index (χ1v) is 9.05. The molecule has 1 aromatic rings. The van der Waals surface area contributed by atoms with E-state index in [1.165, 1.54) is 11.3 Å². The molecular weight excluding hydrogens is 304 g/mol. The summed E-state index contributed by atoms with van der Waals surface area (Å²) < 4.78 is 11.2. The van der Waals surface area contributed by atoms with Crippen LogP contribution in [0, 0.1) is 0 Å². The van der Waals surface area contributed by atoms with E-state index in [0.717, 1.165) is 19.6 Å². The summed E-state index contributed by atoms with van der Waals surface area (Å²) in [4.78, 5) is 2.42. The van der Waals surface area contributed by atoms with Crippen LogP contribution in [0.1, 0.15) is 32.3 Å². The molecule has 2 N–H and O–H groups in total. The SMILES string of the molecule is C[C@H]1CN(c2ccccc2CNCC2(O)CCOCC2)C[C@H](C)O1. The van der Waals surface area contributed by atoms with Gasteiger partial charge in [-0.2, -0.15) is 0 Å². The number of morpholine rings is 1. The number of aliphatic hydroxyl groups is 1. The predicted molar refractivity (Wildman–Crippen MR) is 95.4 cm³/mol. The maximum Gasteiger partial charge on any atom is 0.0815 e. The number of para-hydroxylation sites is 1. The second-order valence-corrected chi connectivity index (χ2v) is 7.23. The Labute approximate surface area is 144 Å². The molecule has 134 valence electrons. The monoisotopic (exact) mass is 334 g/mol. The van der Waals surface area contributed by atoms with E-state index in [2.05, 4.69) is 48.3 Å². The molecule has 2 saturated heterocycles. The van der Waals surface area contributed by atoms with Gasteiger partial charge in [-0.1, -0.05) is 18.2 Å². The van der Waals surface area contributed by atoms with Crippen molar-refractivity contribution in [3.05, 3.63) is 29.8 Å². The molecule has 2 aliphatic heterocycles. The number of nitrogens with one attached hydrogen (secondary N) is 1. The number of benzene rings is 1. The van der Waals surface area contributed by atoms with E-state index in [1.807, 2.05) is 0 Å². The molecule has 5 heteroatoms. The Morgan fingerprint density at radius 2 is 1.83 bits per heavy atom. The third-order valence-electron chi connectivity index (χ3n) is 4.94. The Bertz CT molecular complexity index is 521. The van der Waals surface area contributed by atoms with Crippen molar-refractivity contribution in [2.24, 2.45) is 0 Å². The molecule has 0 aromatic heterocycles. The van der Waals surface area contributed by atoms with E-state index in [1.54, 1.807) is 0 Å². The molecule has 2 heterocycles. The highest BCUT2D eigenvalue weighted by Crippen LogP contribution is 2.25. The maximum absolute atomic E-state index is 10.6. The Hall–Kier alpha value is -1.14. The number of anilines is 1. The van der Waals surface area contributed by atoms with Gasteiger partial charge in [0.2, 0.25) is 0 Å². The van der Waals surface area contributed by atoms with E-state index < -0.39 is 5.60 Å². The summed E-state index contributed by atoms with van der Waals surface area (Å²) in [5.41, 5.74) is 1.91. The quantitative estimate of drug-likeness (QED) is 0.862. The van der Waals surface area contributed by atoms with Gasteiger partial charge in [0, 0.05) is 57.9 Å². The topological polar surface area (TPSA) is 54.0 Å². The van der Waals surface area contributed by atoms with Crippen LogP contribution in [-0.4, -0.2) is 55.8 Å². The van der Waals surface area contributed by atoms with Crippen LogP contribution in [0.2, 0.25) is 0 Å². The van der Waals surface area contributed by atoms with Gasteiger partial charge in [0.15, 0.2) is 0 Å². The Kier molecular flexibility index (Phi) is 5.76. The van der Waals surface area contributed by atoms with Crippen LogP contribution in [0.15, 0.2) is 24.3 Å². The normalized spacial score (nSPS) is 27.2. The van der Waals surface area contributed by atoms with Crippen LogP contribution in [0.25, 0.3) is 0 Å². The summed E-state index contributed by atoms with van der Waals surface area (Å²) in [7, 11) is 0. The second kappa shape index (κ2) is 7.83. The van der Waals surface area contributed by atoms with Crippen LogP contribution < -0.4 is 10.2 Å². The number of ether oxygens (including phenoxy) is 2. The minimum atomic E-state index is -0.630. The lowest BCUT2D eigenvalue weighted by Gasteiger charge is -2.38. The van der Waals surface area contributed by atoms with Crippen molar-refractivity contribution in [2.45, 2.75) is 51.0 Å². The Balaban J connectivity index is 1.61. The molecule has 1 aromatic carbocycles. The van der Waals surface area contributed by atoms with Gasteiger partial charge in [0.1, 0.15) is 0 Å². The third-order valence-corrected chi connectivity index (χ3v) is 4.94. The number of rotatable bonds is 5. The molecule has 0 unspecified atom stereocenters. The average molecular weight is 334 g/mol. The number of nitrogens with zero attached hydrogens (tertiary/aromatic N) is 1. The van der Waals surface area contributed by atoms with Gasteiger partial charge in [-0.15, -0.1) is 0 Å². The molecule has 5 nitrogen and oxygen atoms in total. The first kappa shape index (κ1) is 17.7. The molecule has 0 bridgehead atoms. The molecular formula is C19H30N2O3. The molecule has 24 heavy (non-hydrogen) atoms.